The van der Waals surface area contributed by atoms with E-state index in [0.717, 1.165) is 38.5 Å². The molecule has 4 heteroatoms. The van der Waals surface area contributed by atoms with Gasteiger partial charge in [-0.3, -0.25) is 4.90 Å². The zero-order valence-corrected chi connectivity index (χ0v) is 12.0. The first kappa shape index (κ1) is 15.2. The van der Waals surface area contributed by atoms with Gasteiger partial charge in [-0.25, -0.2) is 0 Å². The van der Waals surface area contributed by atoms with Gasteiger partial charge in [0.2, 0.25) is 0 Å². The molecular weight excluding hydrogens is 228 g/mol. The standard InChI is InChI=1S/C14H26N2O2/c1-12(2)10-16(6-8-17-4)11-13-5-7-18-14(13)9-15-3/h5,7,12,15H,6,8-11H2,1-4H3. The van der Waals surface area contributed by atoms with E-state index in [1.54, 1.807) is 13.4 Å². The SMILES string of the molecule is CNCc1occc1CN(CCOC)CC(C)C. The molecule has 104 valence electrons. The number of methoxy groups -OCH3 is 1. The van der Waals surface area contributed by atoms with Gasteiger partial charge in [0.15, 0.2) is 0 Å². The minimum Gasteiger partial charge on any atom is -0.468 e. The van der Waals surface area contributed by atoms with Gasteiger partial charge in [-0.05, 0) is 19.0 Å². The van der Waals surface area contributed by atoms with Gasteiger partial charge in [0.25, 0.3) is 0 Å². The van der Waals surface area contributed by atoms with Crippen LogP contribution in [-0.4, -0.2) is 38.8 Å². The third kappa shape index (κ3) is 5.21. The molecule has 0 saturated heterocycles. The fourth-order valence-corrected chi connectivity index (χ4v) is 2.04. The van der Waals surface area contributed by atoms with Crippen molar-refractivity contribution in [3.05, 3.63) is 23.7 Å². The first-order valence-corrected chi connectivity index (χ1v) is 6.58. The van der Waals surface area contributed by atoms with E-state index in [1.165, 1.54) is 5.56 Å². The highest BCUT2D eigenvalue weighted by molar-refractivity contribution is 5.16. The third-order valence-electron chi connectivity index (χ3n) is 2.80. The molecule has 1 aromatic rings. The number of hydrogen-bond donors (Lipinski definition) is 1. The molecule has 0 bridgehead atoms. The Morgan fingerprint density at radius 1 is 1.44 bits per heavy atom. The lowest BCUT2D eigenvalue weighted by molar-refractivity contribution is 0.135. The van der Waals surface area contributed by atoms with Crippen LogP contribution < -0.4 is 5.32 Å². The summed E-state index contributed by atoms with van der Waals surface area (Å²) in [6.45, 7) is 8.99. The molecule has 1 rings (SSSR count). The molecule has 1 heterocycles. The summed E-state index contributed by atoms with van der Waals surface area (Å²) in [7, 11) is 3.68. The minimum atomic E-state index is 0.654. The zero-order valence-electron chi connectivity index (χ0n) is 12.0. The van der Waals surface area contributed by atoms with Gasteiger partial charge in [-0.15, -0.1) is 0 Å². The number of furan rings is 1. The van der Waals surface area contributed by atoms with Crippen molar-refractivity contribution in [1.29, 1.82) is 0 Å². The van der Waals surface area contributed by atoms with Crippen molar-refractivity contribution < 1.29 is 9.15 Å². The summed E-state index contributed by atoms with van der Waals surface area (Å²) in [6.07, 6.45) is 1.77. The van der Waals surface area contributed by atoms with E-state index in [-0.39, 0.29) is 0 Å². The van der Waals surface area contributed by atoms with E-state index in [1.807, 2.05) is 7.05 Å². The monoisotopic (exact) mass is 254 g/mol. The molecular formula is C14H26N2O2. The summed E-state index contributed by atoms with van der Waals surface area (Å²) in [5.41, 5.74) is 1.26. The minimum absolute atomic E-state index is 0.654. The maximum Gasteiger partial charge on any atom is 0.122 e. The van der Waals surface area contributed by atoms with E-state index < -0.39 is 0 Å². The average Bonchev–Trinajstić information content (AvgIpc) is 2.73. The maximum absolute atomic E-state index is 5.49. The van der Waals surface area contributed by atoms with Crippen LogP contribution in [0, 0.1) is 5.92 Å². The van der Waals surface area contributed by atoms with E-state index in [9.17, 15) is 0 Å². The van der Waals surface area contributed by atoms with Gasteiger partial charge in [-0.2, -0.15) is 0 Å². The van der Waals surface area contributed by atoms with Crippen molar-refractivity contribution in [3.8, 4) is 0 Å². The normalized spacial score (nSPS) is 11.7. The number of hydrogen-bond acceptors (Lipinski definition) is 4. The first-order valence-electron chi connectivity index (χ1n) is 6.58. The number of nitrogens with one attached hydrogen (secondary N) is 1. The maximum atomic E-state index is 5.49. The molecule has 1 N–H and O–H groups in total. The van der Waals surface area contributed by atoms with Gasteiger partial charge in [0.1, 0.15) is 5.76 Å². The second kappa shape index (κ2) is 8.29. The third-order valence-corrected chi connectivity index (χ3v) is 2.80. The van der Waals surface area contributed by atoms with E-state index in [4.69, 9.17) is 9.15 Å². The molecule has 0 amide bonds. The Hall–Kier alpha value is -0.840. The molecule has 18 heavy (non-hydrogen) atoms. The lowest BCUT2D eigenvalue weighted by Gasteiger charge is -2.23. The molecule has 4 nitrogen and oxygen atoms in total. The molecule has 0 saturated carbocycles. The molecule has 0 aliphatic rings. The van der Waals surface area contributed by atoms with Crippen LogP contribution in [0.1, 0.15) is 25.2 Å². The molecule has 0 spiro atoms. The Morgan fingerprint density at radius 2 is 2.22 bits per heavy atom. The second-order valence-electron chi connectivity index (χ2n) is 5.02. The Morgan fingerprint density at radius 3 is 2.83 bits per heavy atom. The fourth-order valence-electron chi connectivity index (χ4n) is 2.04. The topological polar surface area (TPSA) is 37.6 Å². The van der Waals surface area contributed by atoms with Crippen LogP contribution in [0.3, 0.4) is 0 Å². The van der Waals surface area contributed by atoms with Crippen LogP contribution in [-0.2, 0) is 17.8 Å². The smallest absolute Gasteiger partial charge is 0.122 e. The van der Waals surface area contributed by atoms with Crippen LogP contribution in [0.25, 0.3) is 0 Å². The number of nitrogens with zero attached hydrogens (tertiary/aromatic N) is 1. The van der Waals surface area contributed by atoms with Gasteiger partial charge in [-0.1, -0.05) is 13.8 Å². The van der Waals surface area contributed by atoms with Gasteiger partial charge in [0, 0.05) is 32.3 Å². The lowest BCUT2D eigenvalue weighted by atomic mass is 10.1. The Labute approximate surface area is 110 Å². The lowest BCUT2D eigenvalue weighted by Crippen LogP contribution is -2.31. The molecule has 0 aliphatic carbocycles. The van der Waals surface area contributed by atoms with E-state index >= 15 is 0 Å². The van der Waals surface area contributed by atoms with Crippen molar-refractivity contribution in [2.24, 2.45) is 5.92 Å². The van der Waals surface area contributed by atoms with E-state index in [0.29, 0.717) is 5.92 Å². The number of ether oxygens (including phenoxy) is 1. The summed E-state index contributed by atoms with van der Waals surface area (Å²) in [5.74, 6) is 1.69. The number of rotatable bonds is 9. The van der Waals surface area contributed by atoms with Crippen LogP contribution in [0.2, 0.25) is 0 Å². The summed E-state index contributed by atoms with van der Waals surface area (Å²) in [6, 6.07) is 2.06. The van der Waals surface area contributed by atoms with Crippen LogP contribution in [0.5, 0.6) is 0 Å². The Kier molecular flexibility index (Phi) is 7.01. The average molecular weight is 254 g/mol. The molecule has 0 fully saturated rings. The van der Waals surface area contributed by atoms with Crippen molar-refractivity contribution in [2.75, 3.05) is 33.9 Å². The summed E-state index contributed by atoms with van der Waals surface area (Å²) in [5, 5.41) is 3.13. The summed E-state index contributed by atoms with van der Waals surface area (Å²) < 4.78 is 10.7. The Balaban J connectivity index is 2.59. The molecule has 0 aliphatic heterocycles. The predicted octanol–water partition coefficient (Wildman–Crippen LogP) is 2.10. The predicted molar refractivity (Wildman–Crippen MR) is 73.5 cm³/mol. The van der Waals surface area contributed by atoms with Crippen molar-refractivity contribution >= 4 is 0 Å². The highest BCUT2D eigenvalue weighted by Crippen LogP contribution is 2.14. The van der Waals surface area contributed by atoms with Crippen molar-refractivity contribution in [1.82, 2.24) is 10.2 Å². The van der Waals surface area contributed by atoms with Crippen LogP contribution in [0.15, 0.2) is 16.7 Å². The zero-order chi connectivity index (χ0) is 13.4. The molecule has 0 radical (unpaired) electrons. The van der Waals surface area contributed by atoms with Gasteiger partial charge >= 0.3 is 0 Å². The van der Waals surface area contributed by atoms with Crippen LogP contribution >= 0.6 is 0 Å². The summed E-state index contributed by atoms with van der Waals surface area (Å²) >= 11 is 0. The highest BCUT2D eigenvalue weighted by Gasteiger charge is 2.12. The highest BCUT2D eigenvalue weighted by atomic mass is 16.5. The van der Waals surface area contributed by atoms with Gasteiger partial charge < -0.3 is 14.5 Å². The van der Waals surface area contributed by atoms with Gasteiger partial charge in [0.05, 0.1) is 19.4 Å². The van der Waals surface area contributed by atoms with Crippen molar-refractivity contribution in [2.45, 2.75) is 26.9 Å². The Bertz CT molecular complexity index is 323. The summed E-state index contributed by atoms with van der Waals surface area (Å²) in [4.78, 5) is 2.41. The van der Waals surface area contributed by atoms with E-state index in [2.05, 4.69) is 30.1 Å². The first-order chi connectivity index (χ1) is 8.67. The molecule has 0 aromatic carbocycles. The molecule has 0 unspecified atom stereocenters. The second-order valence-corrected chi connectivity index (χ2v) is 5.02. The molecule has 0 atom stereocenters. The largest absolute Gasteiger partial charge is 0.468 e. The fraction of sp³-hybridized carbons (Fsp3) is 0.714. The molecule has 1 aromatic heterocycles. The van der Waals surface area contributed by atoms with Crippen LogP contribution in [0.4, 0.5) is 0 Å². The quantitative estimate of drug-likeness (QED) is 0.732. The van der Waals surface area contributed by atoms with Crippen molar-refractivity contribution in [3.63, 3.8) is 0 Å².